The maximum absolute atomic E-state index is 13.3. The largest absolute Gasteiger partial charge is 0.496 e. The number of rotatable bonds is 13. The highest BCUT2D eigenvalue weighted by Gasteiger charge is 2.45. The third-order valence-corrected chi connectivity index (χ3v) is 7.73. The van der Waals surface area contributed by atoms with E-state index in [-0.39, 0.29) is 18.0 Å². The maximum atomic E-state index is 13.3. The van der Waals surface area contributed by atoms with E-state index in [4.69, 9.17) is 18.9 Å². The van der Waals surface area contributed by atoms with E-state index in [9.17, 15) is 9.59 Å². The van der Waals surface area contributed by atoms with Crippen LogP contribution in [-0.4, -0.2) is 56.4 Å². The van der Waals surface area contributed by atoms with Crippen molar-refractivity contribution in [2.45, 2.75) is 97.3 Å². The number of hydrogen-bond donors (Lipinski definition) is 0. The summed E-state index contributed by atoms with van der Waals surface area (Å²) >= 11 is 0. The van der Waals surface area contributed by atoms with Crippen LogP contribution in [0.3, 0.4) is 0 Å². The summed E-state index contributed by atoms with van der Waals surface area (Å²) in [6.45, 7) is 9.64. The van der Waals surface area contributed by atoms with Crippen LogP contribution in [0.25, 0.3) is 0 Å². The van der Waals surface area contributed by atoms with Gasteiger partial charge in [-0.2, -0.15) is 0 Å². The minimum absolute atomic E-state index is 0.0201. The highest BCUT2D eigenvalue weighted by atomic mass is 16.6. The van der Waals surface area contributed by atoms with Gasteiger partial charge in [-0.25, -0.2) is 0 Å². The average molecular weight is 528 g/mol. The number of unbranched alkanes of at least 4 members (excludes halogenated alkanes) is 1. The first-order valence-electron chi connectivity index (χ1n) is 13.7. The molecule has 3 rings (SSSR count). The van der Waals surface area contributed by atoms with Crippen LogP contribution in [0.4, 0.5) is 0 Å². The topological polar surface area (TPSA) is 74.3 Å². The second-order valence-corrected chi connectivity index (χ2v) is 10.9. The van der Waals surface area contributed by atoms with Crippen molar-refractivity contribution in [2.24, 2.45) is 0 Å². The van der Waals surface area contributed by atoms with Gasteiger partial charge < -0.3 is 23.8 Å². The summed E-state index contributed by atoms with van der Waals surface area (Å²) in [7, 11) is 4.76. The van der Waals surface area contributed by atoms with Gasteiger partial charge in [-0.15, -0.1) is 0 Å². The van der Waals surface area contributed by atoms with Gasteiger partial charge in [0.1, 0.15) is 23.2 Å². The first-order chi connectivity index (χ1) is 18.1. The number of carbonyl (C=O) groups excluding carboxylic acids is 2. The number of carbonyl (C=O) groups is 2. The highest BCUT2D eigenvalue weighted by Crippen LogP contribution is 2.47. The quantitative estimate of drug-likeness (QED) is 0.173. The molecule has 7 nitrogen and oxygen atoms in total. The summed E-state index contributed by atoms with van der Waals surface area (Å²) in [5, 5.41) is 0. The van der Waals surface area contributed by atoms with E-state index in [0.29, 0.717) is 43.7 Å². The number of hydrogen-bond acceptors (Lipinski definition) is 6. The molecule has 2 aliphatic rings. The zero-order valence-electron chi connectivity index (χ0n) is 24.3. The maximum Gasteiger partial charge on any atom is 0.305 e. The van der Waals surface area contributed by atoms with Crippen LogP contribution >= 0.6 is 0 Å². The van der Waals surface area contributed by atoms with E-state index < -0.39 is 5.60 Å². The third kappa shape index (κ3) is 6.99. The summed E-state index contributed by atoms with van der Waals surface area (Å²) in [4.78, 5) is 26.5. The Kier molecular flexibility index (Phi) is 10.4. The van der Waals surface area contributed by atoms with Crippen molar-refractivity contribution in [2.75, 3.05) is 27.9 Å². The smallest absolute Gasteiger partial charge is 0.305 e. The second-order valence-electron chi connectivity index (χ2n) is 10.9. The van der Waals surface area contributed by atoms with Gasteiger partial charge in [-0.3, -0.25) is 9.59 Å². The van der Waals surface area contributed by atoms with E-state index >= 15 is 0 Å². The first-order valence-corrected chi connectivity index (χ1v) is 13.7. The first kappa shape index (κ1) is 29.8. The van der Waals surface area contributed by atoms with Crippen molar-refractivity contribution >= 4 is 11.9 Å². The lowest BCUT2D eigenvalue weighted by Gasteiger charge is -2.42. The molecule has 38 heavy (non-hydrogen) atoms. The minimum Gasteiger partial charge on any atom is -0.496 e. The van der Waals surface area contributed by atoms with E-state index in [2.05, 4.69) is 39.8 Å². The Morgan fingerprint density at radius 1 is 1.11 bits per heavy atom. The van der Waals surface area contributed by atoms with Gasteiger partial charge in [-0.1, -0.05) is 23.3 Å². The van der Waals surface area contributed by atoms with Crippen molar-refractivity contribution in [3.63, 3.8) is 0 Å². The Hall–Kier alpha value is -2.80. The number of fused-ring (bicyclic) bond motifs is 3. The number of ether oxygens (including phenoxy) is 4. The summed E-state index contributed by atoms with van der Waals surface area (Å²) in [6.07, 6.45) is 10.7. The highest BCUT2D eigenvalue weighted by molar-refractivity contribution is 6.00. The summed E-state index contributed by atoms with van der Waals surface area (Å²) in [6, 6.07) is 1.85. The van der Waals surface area contributed by atoms with Crippen LogP contribution in [0.1, 0.15) is 94.1 Å². The molecule has 0 radical (unpaired) electrons. The molecule has 0 bridgehead atoms. The van der Waals surface area contributed by atoms with Crippen LogP contribution < -0.4 is 9.47 Å². The third-order valence-electron chi connectivity index (χ3n) is 7.73. The monoisotopic (exact) mass is 527 g/mol. The molecule has 2 heterocycles. The molecule has 0 saturated carbocycles. The number of esters is 1. The Bertz CT molecular complexity index is 1070. The lowest BCUT2D eigenvalue weighted by molar-refractivity contribution is -0.140. The summed E-state index contributed by atoms with van der Waals surface area (Å²) < 4.78 is 23.2. The molecule has 0 spiro atoms. The predicted molar refractivity (Wildman–Crippen MR) is 149 cm³/mol. The average Bonchev–Trinajstić information content (AvgIpc) is 3.20. The van der Waals surface area contributed by atoms with Crippen LogP contribution in [0.5, 0.6) is 11.5 Å². The Morgan fingerprint density at radius 3 is 2.53 bits per heavy atom. The lowest BCUT2D eigenvalue weighted by atomic mass is 9.84. The summed E-state index contributed by atoms with van der Waals surface area (Å²) in [5.74, 6) is 1.19. The molecule has 2 aliphatic heterocycles. The standard InChI is InChI=1S/C31H45NO6/c1-21(2)12-10-13-22(3)14-11-16-31(4)27(36-6)19-24-26(35-5)18-23-25(29(24)38-31)20-32(30(23)34)17-9-8-15-28(33)37-7/h12,14,18,27H,8-11,13,15-17,19-20H2,1-7H3/b22-14+. The molecule has 1 amide bonds. The van der Waals surface area contributed by atoms with Gasteiger partial charge in [0.05, 0.1) is 26.3 Å². The molecule has 0 fully saturated rings. The van der Waals surface area contributed by atoms with E-state index in [1.807, 2.05) is 11.0 Å². The van der Waals surface area contributed by atoms with Crippen LogP contribution in [0, 0.1) is 0 Å². The lowest BCUT2D eigenvalue weighted by Crippen LogP contribution is -2.50. The number of nitrogens with zero attached hydrogens (tertiary/aromatic N) is 1. The predicted octanol–water partition coefficient (Wildman–Crippen LogP) is 6.18. The van der Waals surface area contributed by atoms with Crippen LogP contribution in [0.15, 0.2) is 29.4 Å². The van der Waals surface area contributed by atoms with Crippen molar-refractivity contribution < 1.29 is 28.5 Å². The zero-order chi connectivity index (χ0) is 27.9. The van der Waals surface area contributed by atoms with E-state index in [1.165, 1.54) is 18.3 Å². The molecule has 1 aromatic rings. The molecular formula is C31H45NO6. The van der Waals surface area contributed by atoms with Crippen molar-refractivity contribution in [1.82, 2.24) is 4.90 Å². The zero-order valence-corrected chi connectivity index (χ0v) is 24.3. The van der Waals surface area contributed by atoms with Gasteiger partial charge in [0.25, 0.3) is 5.91 Å². The van der Waals surface area contributed by atoms with Gasteiger partial charge in [-0.05, 0) is 72.3 Å². The molecule has 7 heteroatoms. The Labute approximate surface area is 228 Å². The van der Waals surface area contributed by atoms with Gasteiger partial charge >= 0.3 is 5.97 Å². The fraction of sp³-hybridized carbons (Fsp3) is 0.613. The van der Waals surface area contributed by atoms with Crippen LogP contribution in [0.2, 0.25) is 0 Å². The van der Waals surface area contributed by atoms with Crippen LogP contribution in [-0.2, 0) is 27.2 Å². The molecule has 2 unspecified atom stereocenters. The van der Waals surface area contributed by atoms with Crippen molar-refractivity contribution in [3.05, 3.63) is 46.1 Å². The van der Waals surface area contributed by atoms with Crippen molar-refractivity contribution in [1.29, 1.82) is 0 Å². The Morgan fingerprint density at radius 2 is 1.87 bits per heavy atom. The van der Waals surface area contributed by atoms with E-state index in [1.54, 1.807) is 14.2 Å². The number of methoxy groups -OCH3 is 3. The second kappa shape index (κ2) is 13.3. The van der Waals surface area contributed by atoms with Gasteiger partial charge in [0.2, 0.25) is 0 Å². The Balaban J connectivity index is 1.77. The fourth-order valence-electron chi connectivity index (χ4n) is 5.40. The van der Waals surface area contributed by atoms with Crippen molar-refractivity contribution in [3.8, 4) is 11.5 Å². The van der Waals surface area contributed by atoms with Gasteiger partial charge in [0.15, 0.2) is 0 Å². The number of benzene rings is 1. The molecule has 2 atom stereocenters. The van der Waals surface area contributed by atoms with Gasteiger partial charge in [0, 0.05) is 37.6 Å². The molecule has 1 aromatic carbocycles. The SMILES string of the molecule is COC(=O)CCCCN1Cc2c(cc(OC)c3c2OC(C)(CC/C=C(\C)CCC=C(C)C)C(OC)C3)C1=O. The molecule has 0 saturated heterocycles. The minimum atomic E-state index is -0.532. The molecule has 0 aromatic heterocycles. The molecular weight excluding hydrogens is 482 g/mol. The normalized spacial score (nSPS) is 20.5. The molecule has 210 valence electrons. The number of allylic oxidation sites excluding steroid dienone is 4. The number of amides is 1. The van der Waals surface area contributed by atoms with E-state index in [0.717, 1.165) is 49.0 Å². The molecule has 0 aliphatic carbocycles. The summed E-state index contributed by atoms with van der Waals surface area (Å²) in [5.41, 5.74) is 4.73. The molecule has 0 N–H and O–H groups in total. The fourth-order valence-corrected chi connectivity index (χ4v) is 5.40.